The van der Waals surface area contributed by atoms with E-state index in [0.717, 1.165) is 17.9 Å². The molecule has 5 nitrogen and oxygen atoms in total. The second kappa shape index (κ2) is 8.55. The lowest BCUT2D eigenvalue weighted by Crippen LogP contribution is -2.26. The molecule has 1 N–H and O–H groups in total. The zero-order valence-electron chi connectivity index (χ0n) is 14.5. The van der Waals surface area contributed by atoms with Crippen molar-refractivity contribution in [2.24, 2.45) is 0 Å². The van der Waals surface area contributed by atoms with E-state index in [1.54, 1.807) is 6.92 Å². The van der Waals surface area contributed by atoms with Crippen molar-refractivity contribution < 1.29 is 19.4 Å². The van der Waals surface area contributed by atoms with Gasteiger partial charge >= 0.3 is 5.97 Å². The van der Waals surface area contributed by atoms with Gasteiger partial charge in [-0.05, 0) is 50.6 Å². The van der Waals surface area contributed by atoms with E-state index in [1.165, 1.54) is 11.4 Å². The number of aryl methyl sites for hydroxylation is 2. The normalized spacial score (nSPS) is 12.1. The summed E-state index contributed by atoms with van der Waals surface area (Å²) in [5.74, 6) is -0.154. The first kappa shape index (κ1) is 18.1. The maximum Gasteiger partial charge on any atom is 0.333 e. The Bertz CT molecular complexity index is 641. The lowest BCUT2D eigenvalue weighted by molar-refractivity contribution is -0.149. The van der Waals surface area contributed by atoms with E-state index in [4.69, 9.17) is 14.6 Å². The Balaban J connectivity index is 1.86. The number of benzene rings is 1. The number of hydrogen-bond donors (Lipinski definition) is 1. The Kier molecular flexibility index (Phi) is 6.44. The Morgan fingerprint density at radius 1 is 1.12 bits per heavy atom. The molecule has 0 aliphatic rings. The molecule has 0 spiro atoms. The van der Waals surface area contributed by atoms with Crippen molar-refractivity contribution in [3.63, 3.8) is 0 Å². The third-order valence-electron chi connectivity index (χ3n) is 3.99. The fourth-order valence-electron chi connectivity index (χ4n) is 2.66. The molecule has 5 heteroatoms. The Labute approximate surface area is 142 Å². The van der Waals surface area contributed by atoms with Crippen LogP contribution in [-0.2, 0) is 22.5 Å². The molecule has 24 heavy (non-hydrogen) atoms. The van der Waals surface area contributed by atoms with E-state index in [0.29, 0.717) is 19.6 Å². The van der Waals surface area contributed by atoms with Gasteiger partial charge in [0, 0.05) is 24.4 Å². The highest BCUT2D eigenvalue weighted by atomic mass is 16.5. The fourth-order valence-corrected chi connectivity index (χ4v) is 2.66. The molecule has 0 saturated heterocycles. The number of carboxylic acids is 1. The zero-order chi connectivity index (χ0) is 17.5. The summed E-state index contributed by atoms with van der Waals surface area (Å²) in [6.07, 6.45) is -0.452. The van der Waals surface area contributed by atoms with Gasteiger partial charge in [0.05, 0.1) is 6.54 Å². The standard InChI is InChI=1S/C19H25NO4/c1-4-23-18(19(21)22)13-16-7-9-17(10-8-16)24-12-11-20-14(2)5-6-15(20)3/h5-10,18H,4,11-13H2,1-3H3,(H,21,22). The summed E-state index contributed by atoms with van der Waals surface area (Å²) < 4.78 is 13.2. The lowest BCUT2D eigenvalue weighted by atomic mass is 10.1. The molecule has 0 saturated carbocycles. The molecule has 0 radical (unpaired) electrons. The van der Waals surface area contributed by atoms with E-state index >= 15 is 0 Å². The van der Waals surface area contributed by atoms with Crippen molar-refractivity contribution in [1.29, 1.82) is 0 Å². The van der Waals surface area contributed by atoms with Crippen LogP contribution in [0.1, 0.15) is 23.9 Å². The largest absolute Gasteiger partial charge is 0.492 e. The van der Waals surface area contributed by atoms with Gasteiger partial charge in [-0.15, -0.1) is 0 Å². The summed E-state index contributed by atoms with van der Waals surface area (Å²) in [5.41, 5.74) is 3.37. The van der Waals surface area contributed by atoms with Gasteiger partial charge in [-0.2, -0.15) is 0 Å². The van der Waals surface area contributed by atoms with Crippen LogP contribution < -0.4 is 4.74 Å². The van der Waals surface area contributed by atoms with Crippen molar-refractivity contribution in [1.82, 2.24) is 4.57 Å². The van der Waals surface area contributed by atoms with Gasteiger partial charge in [0.15, 0.2) is 6.10 Å². The number of aromatic nitrogens is 1. The SMILES string of the molecule is CCOC(Cc1ccc(OCCn2c(C)ccc2C)cc1)C(=O)O. The fraction of sp³-hybridized carbons (Fsp3) is 0.421. The van der Waals surface area contributed by atoms with Crippen LogP contribution in [0.4, 0.5) is 0 Å². The maximum atomic E-state index is 11.1. The second-order valence-corrected chi connectivity index (χ2v) is 5.75. The van der Waals surface area contributed by atoms with Crippen molar-refractivity contribution in [3.8, 4) is 5.75 Å². The van der Waals surface area contributed by atoms with E-state index < -0.39 is 12.1 Å². The first-order valence-corrected chi connectivity index (χ1v) is 8.20. The third-order valence-corrected chi connectivity index (χ3v) is 3.99. The molecule has 1 unspecified atom stereocenters. The smallest absolute Gasteiger partial charge is 0.333 e. The molecular weight excluding hydrogens is 306 g/mol. The molecule has 2 aromatic rings. The van der Waals surface area contributed by atoms with Crippen LogP contribution >= 0.6 is 0 Å². The van der Waals surface area contributed by atoms with E-state index in [2.05, 4.69) is 30.5 Å². The predicted molar refractivity (Wildman–Crippen MR) is 92.6 cm³/mol. The molecule has 0 aliphatic carbocycles. The molecule has 1 aromatic heterocycles. The number of ether oxygens (including phenoxy) is 2. The molecule has 2 rings (SSSR count). The molecule has 1 heterocycles. The van der Waals surface area contributed by atoms with E-state index in [1.807, 2.05) is 24.3 Å². The monoisotopic (exact) mass is 331 g/mol. The Morgan fingerprint density at radius 3 is 2.29 bits per heavy atom. The predicted octanol–water partition coefficient (Wildman–Crippen LogP) is 3.22. The van der Waals surface area contributed by atoms with Gasteiger partial charge in [0.2, 0.25) is 0 Å². The summed E-state index contributed by atoms with van der Waals surface area (Å²) >= 11 is 0. The van der Waals surface area contributed by atoms with Crippen molar-refractivity contribution in [2.45, 2.75) is 39.8 Å². The minimum absolute atomic E-state index is 0.352. The van der Waals surface area contributed by atoms with Gasteiger partial charge in [0.1, 0.15) is 12.4 Å². The first-order valence-electron chi connectivity index (χ1n) is 8.20. The van der Waals surface area contributed by atoms with Crippen LogP contribution in [0.15, 0.2) is 36.4 Å². The molecular formula is C19H25NO4. The Morgan fingerprint density at radius 2 is 1.75 bits per heavy atom. The van der Waals surface area contributed by atoms with Crippen LogP contribution in [0.2, 0.25) is 0 Å². The number of nitrogens with zero attached hydrogens (tertiary/aromatic N) is 1. The zero-order valence-corrected chi connectivity index (χ0v) is 14.5. The summed E-state index contributed by atoms with van der Waals surface area (Å²) in [6.45, 7) is 7.74. The molecule has 1 aromatic carbocycles. The van der Waals surface area contributed by atoms with E-state index in [-0.39, 0.29) is 0 Å². The maximum absolute atomic E-state index is 11.1. The average molecular weight is 331 g/mol. The molecule has 0 amide bonds. The summed E-state index contributed by atoms with van der Waals surface area (Å²) in [6, 6.07) is 11.7. The van der Waals surface area contributed by atoms with Crippen LogP contribution in [0.5, 0.6) is 5.75 Å². The van der Waals surface area contributed by atoms with Gasteiger partial charge in [-0.1, -0.05) is 12.1 Å². The molecule has 0 fully saturated rings. The van der Waals surface area contributed by atoms with Crippen molar-refractivity contribution in [3.05, 3.63) is 53.3 Å². The number of aliphatic carboxylic acids is 1. The second-order valence-electron chi connectivity index (χ2n) is 5.75. The highest BCUT2D eigenvalue weighted by Crippen LogP contribution is 2.15. The molecule has 1 atom stereocenters. The highest BCUT2D eigenvalue weighted by molar-refractivity contribution is 5.72. The van der Waals surface area contributed by atoms with Gasteiger partial charge in [0.25, 0.3) is 0 Å². The number of rotatable bonds is 9. The van der Waals surface area contributed by atoms with Gasteiger partial charge in [-0.3, -0.25) is 0 Å². The summed E-state index contributed by atoms with van der Waals surface area (Å²) in [4.78, 5) is 11.1. The number of hydrogen-bond acceptors (Lipinski definition) is 3. The quantitative estimate of drug-likeness (QED) is 0.766. The molecule has 0 bridgehead atoms. The number of carbonyl (C=O) groups is 1. The number of carboxylic acid groups (broad SMARTS) is 1. The summed E-state index contributed by atoms with van der Waals surface area (Å²) in [5, 5.41) is 9.12. The first-order chi connectivity index (χ1) is 11.5. The van der Waals surface area contributed by atoms with Crippen molar-refractivity contribution >= 4 is 5.97 Å². The third kappa shape index (κ3) is 4.86. The molecule has 0 aliphatic heterocycles. The van der Waals surface area contributed by atoms with Gasteiger partial charge in [-0.25, -0.2) is 4.79 Å². The molecule has 130 valence electrons. The average Bonchev–Trinajstić information content (AvgIpc) is 2.87. The minimum Gasteiger partial charge on any atom is -0.492 e. The highest BCUT2D eigenvalue weighted by Gasteiger charge is 2.17. The lowest BCUT2D eigenvalue weighted by Gasteiger charge is -2.13. The van der Waals surface area contributed by atoms with Crippen LogP contribution in [-0.4, -0.2) is 35.0 Å². The topological polar surface area (TPSA) is 60.7 Å². The minimum atomic E-state index is -0.936. The van der Waals surface area contributed by atoms with Crippen LogP contribution in [0.3, 0.4) is 0 Å². The Hall–Kier alpha value is -2.27. The van der Waals surface area contributed by atoms with Gasteiger partial charge < -0.3 is 19.1 Å². The summed E-state index contributed by atoms with van der Waals surface area (Å²) in [7, 11) is 0. The van der Waals surface area contributed by atoms with Crippen LogP contribution in [0, 0.1) is 13.8 Å². The van der Waals surface area contributed by atoms with E-state index in [9.17, 15) is 4.79 Å². The van der Waals surface area contributed by atoms with Crippen molar-refractivity contribution in [2.75, 3.05) is 13.2 Å². The van der Waals surface area contributed by atoms with Crippen LogP contribution in [0.25, 0.3) is 0 Å².